The normalized spacial score (nSPS) is 10.7. The van der Waals surface area contributed by atoms with Gasteiger partial charge in [-0.05, 0) is 37.6 Å². The number of benzene rings is 1. The molecule has 0 bridgehead atoms. The lowest BCUT2D eigenvalue weighted by Gasteiger charge is -2.12. The summed E-state index contributed by atoms with van der Waals surface area (Å²) in [6.45, 7) is 7.15. The predicted octanol–water partition coefficient (Wildman–Crippen LogP) is 4.91. The van der Waals surface area contributed by atoms with Gasteiger partial charge < -0.3 is 10.1 Å². The van der Waals surface area contributed by atoms with Crippen molar-refractivity contribution in [2.45, 2.75) is 52.5 Å². The van der Waals surface area contributed by atoms with E-state index in [4.69, 9.17) is 4.74 Å². The van der Waals surface area contributed by atoms with Crippen LogP contribution in [-0.2, 0) is 6.54 Å². The molecular formula is C16H26BrNO. The van der Waals surface area contributed by atoms with E-state index in [2.05, 4.69) is 47.2 Å². The van der Waals surface area contributed by atoms with E-state index in [-0.39, 0.29) is 0 Å². The van der Waals surface area contributed by atoms with Crippen LogP contribution in [-0.4, -0.2) is 13.2 Å². The number of hydrogen-bond donors (Lipinski definition) is 1. The van der Waals surface area contributed by atoms with Gasteiger partial charge in [-0.15, -0.1) is 0 Å². The van der Waals surface area contributed by atoms with E-state index in [9.17, 15) is 0 Å². The summed E-state index contributed by atoms with van der Waals surface area (Å²) in [5.74, 6) is 1.02. The Morgan fingerprint density at radius 2 is 1.95 bits per heavy atom. The molecule has 0 atom stereocenters. The minimum absolute atomic E-state index is 0.822. The first-order chi connectivity index (χ1) is 9.27. The van der Waals surface area contributed by atoms with Crippen LogP contribution in [0, 0.1) is 0 Å². The summed E-state index contributed by atoms with van der Waals surface area (Å²) in [5, 5.41) is 3.43. The lowest BCUT2D eigenvalue weighted by molar-refractivity contribution is 0.301. The van der Waals surface area contributed by atoms with Crippen LogP contribution in [0.25, 0.3) is 0 Å². The molecule has 0 radical (unpaired) electrons. The summed E-state index contributed by atoms with van der Waals surface area (Å²) in [6.07, 6.45) is 6.13. The fraction of sp³-hybridized carbons (Fsp3) is 0.625. The van der Waals surface area contributed by atoms with E-state index in [1.807, 2.05) is 6.07 Å². The molecule has 1 rings (SSSR count). The third kappa shape index (κ3) is 6.98. The van der Waals surface area contributed by atoms with E-state index >= 15 is 0 Å². The quantitative estimate of drug-likeness (QED) is 0.616. The first-order valence-electron chi connectivity index (χ1n) is 7.39. The van der Waals surface area contributed by atoms with Crippen molar-refractivity contribution in [2.24, 2.45) is 0 Å². The average Bonchev–Trinajstić information content (AvgIpc) is 2.41. The maximum atomic E-state index is 5.91. The van der Waals surface area contributed by atoms with Crippen LogP contribution in [0.1, 0.15) is 51.5 Å². The predicted molar refractivity (Wildman–Crippen MR) is 85.8 cm³/mol. The lowest BCUT2D eigenvalue weighted by Crippen LogP contribution is -2.15. The highest BCUT2D eigenvalue weighted by Gasteiger charge is 2.04. The van der Waals surface area contributed by atoms with Gasteiger partial charge in [0.25, 0.3) is 0 Å². The first-order valence-corrected chi connectivity index (χ1v) is 8.19. The van der Waals surface area contributed by atoms with Crippen LogP contribution < -0.4 is 10.1 Å². The van der Waals surface area contributed by atoms with Gasteiger partial charge in [0.05, 0.1) is 6.61 Å². The molecule has 3 heteroatoms. The highest BCUT2D eigenvalue weighted by Crippen LogP contribution is 2.23. The molecule has 19 heavy (non-hydrogen) atoms. The maximum absolute atomic E-state index is 5.91. The van der Waals surface area contributed by atoms with Crippen LogP contribution in [0.4, 0.5) is 0 Å². The zero-order valence-electron chi connectivity index (χ0n) is 12.2. The van der Waals surface area contributed by atoms with Gasteiger partial charge in [-0.2, -0.15) is 0 Å². The zero-order valence-corrected chi connectivity index (χ0v) is 13.8. The largest absolute Gasteiger partial charge is 0.493 e. The van der Waals surface area contributed by atoms with Crippen molar-refractivity contribution < 1.29 is 4.74 Å². The van der Waals surface area contributed by atoms with Crippen molar-refractivity contribution in [1.82, 2.24) is 5.32 Å². The van der Waals surface area contributed by atoms with E-state index in [1.54, 1.807) is 0 Å². The monoisotopic (exact) mass is 327 g/mol. The molecule has 1 N–H and O–H groups in total. The number of ether oxygens (including phenoxy) is 1. The van der Waals surface area contributed by atoms with E-state index < -0.39 is 0 Å². The molecule has 0 unspecified atom stereocenters. The number of nitrogens with one attached hydrogen (secondary N) is 1. The van der Waals surface area contributed by atoms with Crippen LogP contribution in [0.15, 0.2) is 22.7 Å². The Hall–Kier alpha value is -0.540. The van der Waals surface area contributed by atoms with E-state index in [0.29, 0.717) is 0 Å². The highest BCUT2D eigenvalue weighted by molar-refractivity contribution is 9.10. The van der Waals surface area contributed by atoms with Gasteiger partial charge in [-0.25, -0.2) is 0 Å². The topological polar surface area (TPSA) is 21.3 Å². The third-order valence-electron chi connectivity index (χ3n) is 3.02. The van der Waals surface area contributed by atoms with Gasteiger partial charge in [-0.3, -0.25) is 0 Å². The summed E-state index contributed by atoms with van der Waals surface area (Å²) in [5.41, 5.74) is 1.23. The molecule has 0 aliphatic rings. The van der Waals surface area contributed by atoms with Crippen LogP contribution in [0.2, 0.25) is 0 Å². The van der Waals surface area contributed by atoms with Crippen LogP contribution >= 0.6 is 15.9 Å². The van der Waals surface area contributed by atoms with Crippen molar-refractivity contribution in [3.8, 4) is 5.75 Å². The third-order valence-corrected chi connectivity index (χ3v) is 3.51. The number of hydrogen-bond acceptors (Lipinski definition) is 2. The zero-order chi connectivity index (χ0) is 13.9. The molecular weight excluding hydrogens is 302 g/mol. The summed E-state index contributed by atoms with van der Waals surface area (Å²) in [7, 11) is 0. The van der Waals surface area contributed by atoms with Gasteiger partial charge in [0.1, 0.15) is 5.75 Å². The van der Waals surface area contributed by atoms with Crippen molar-refractivity contribution in [2.75, 3.05) is 13.2 Å². The van der Waals surface area contributed by atoms with E-state index in [0.717, 1.165) is 42.8 Å². The first kappa shape index (κ1) is 16.5. The number of halogens is 1. The minimum atomic E-state index is 0.822. The molecule has 0 fully saturated rings. The molecule has 0 aliphatic carbocycles. The van der Waals surface area contributed by atoms with E-state index in [1.165, 1.54) is 24.8 Å². The van der Waals surface area contributed by atoms with Gasteiger partial charge in [0, 0.05) is 16.6 Å². The molecule has 1 aromatic rings. The van der Waals surface area contributed by atoms with Crippen molar-refractivity contribution in [3.05, 3.63) is 28.2 Å². The maximum Gasteiger partial charge on any atom is 0.123 e. The molecule has 0 aliphatic heterocycles. The molecule has 0 heterocycles. The molecule has 0 aromatic heterocycles. The smallest absolute Gasteiger partial charge is 0.123 e. The second-order valence-electron chi connectivity index (χ2n) is 4.84. The fourth-order valence-electron chi connectivity index (χ4n) is 1.94. The summed E-state index contributed by atoms with van der Waals surface area (Å²) >= 11 is 3.52. The summed E-state index contributed by atoms with van der Waals surface area (Å²) < 4.78 is 7.02. The summed E-state index contributed by atoms with van der Waals surface area (Å²) in [4.78, 5) is 0. The van der Waals surface area contributed by atoms with Gasteiger partial charge in [0.2, 0.25) is 0 Å². The second kappa shape index (κ2) is 10.3. The van der Waals surface area contributed by atoms with Crippen molar-refractivity contribution in [3.63, 3.8) is 0 Å². The van der Waals surface area contributed by atoms with Crippen molar-refractivity contribution in [1.29, 1.82) is 0 Å². The molecule has 2 nitrogen and oxygen atoms in total. The Labute approximate surface area is 126 Å². The Morgan fingerprint density at radius 1 is 1.11 bits per heavy atom. The molecule has 108 valence electrons. The van der Waals surface area contributed by atoms with Gasteiger partial charge >= 0.3 is 0 Å². The van der Waals surface area contributed by atoms with Crippen LogP contribution in [0.5, 0.6) is 5.75 Å². The van der Waals surface area contributed by atoms with Gasteiger partial charge in [-0.1, -0.05) is 49.0 Å². The molecule has 0 spiro atoms. The lowest BCUT2D eigenvalue weighted by atomic mass is 10.2. The second-order valence-corrected chi connectivity index (χ2v) is 5.75. The highest BCUT2D eigenvalue weighted by atomic mass is 79.9. The SMILES string of the molecule is CCCCCCOc1ccc(Br)cc1CNCCC. The Kier molecular flexibility index (Phi) is 8.93. The number of rotatable bonds is 10. The Bertz CT molecular complexity index is 355. The number of unbranched alkanes of at least 4 members (excludes halogenated alkanes) is 3. The van der Waals surface area contributed by atoms with Gasteiger partial charge in [0.15, 0.2) is 0 Å². The average molecular weight is 328 g/mol. The minimum Gasteiger partial charge on any atom is -0.493 e. The molecule has 1 aromatic carbocycles. The Morgan fingerprint density at radius 3 is 2.68 bits per heavy atom. The standard InChI is InChI=1S/C16H26BrNO/c1-3-5-6-7-11-19-16-9-8-15(17)12-14(16)13-18-10-4-2/h8-9,12,18H,3-7,10-11,13H2,1-2H3. The molecule has 0 amide bonds. The fourth-order valence-corrected chi connectivity index (χ4v) is 2.35. The van der Waals surface area contributed by atoms with Crippen LogP contribution in [0.3, 0.4) is 0 Å². The molecule has 0 saturated carbocycles. The van der Waals surface area contributed by atoms with Crippen molar-refractivity contribution >= 4 is 15.9 Å². The Balaban J connectivity index is 2.45. The summed E-state index contributed by atoms with van der Waals surface area (Å²) in [6, 6.07) is 6.25. The molecule has 0 saturated heterocycles.